The van der Waals surface area contributed by atoms with Crippen LogP contribution in [0.4, 0.5) is 0 Å². The summed E-state index contributed by atoms with van der Waals surface area (Å²) >= 11 is 1.83. The predicted molar refractivity (Wildman–Crippen MR) is 191 cm³/mol. The Morgan fingerprint density at radius 2 is 1.34 bits per heavy atom. The summed E-state index contributed by atoms with van der Waals surface area (Å²) in [5.74, 6) is 0. The van der Waals surface area contributed by atoms with Gasteiger partial charge in [-0.1, -0.05) is 116 Å². The molecule has 0 saturated heterocycles. The summed E-state index contributed by atoms with van der Waals surface area (Å²) in [6, 6.07) is 39.1. The highest BCUT2D eigenvalue weighted by Crippen LogP contribution is 2.48. The Balaban J connectivity index is 1.16. The second-order valence-corrected chi connectivity index (χ2v) is 12.5. The molecule has 44 heavy (non-hydrogen) atoms. The van der Waals surface area contributed by atoms with Crippen molar-refractivity contribution in [2.45, 2.75) is 0 Å². The number of hydrogen-bond acceptors (Lipinski definition) is 3. The Bertz CT molecular complexity index is 2490. The smallest absolute Gasteiger partial charge is 0.0730 e. The number of benzene rings is 6. The molecule has 0 aliphatic heterocycles. The maximum atomic E-state index is 7.03. The second kappa shape index (κ2) is 9.50. The van der Waals surface area contributed by atoms with Crippen LogP contribution < -0.4 is 5.73 Å². The third-order valence-electron chi connectivity index (χ3n) is 8.98. The molecule has 0 bridgehead atoms. The Kier molecular flexibility index (Phi) is 5.40. The molecule has 9 rings (SSSR count). The fraction of sp³-hybridized carbons (Fsp3) is 0. The molecule has 0 amide bonds. The largest absolute Gasteiger partial charge is 0.398 e. The lowest BCUT2D eigenvalue weighted by atomic mass is 9.93. The van der Waals surface area contributed by atoms with Crippen LogP contribution in [0.2, 0.25) is 0 Å². The summed E-state index contributed by atoms with van der Waals surface area (Å²) in [7, 11) is 0. The van der Waals surface area contributed by atoms with Crippen LogP contribution in [0.5, 0.6) is 0 Å². The lowest BCUT2D eigenvalue weighted by Gasteiger charge is -2.15. The van der Waals surface area contributed by atoms with Crippen molar-refractivity contribution in [3.05, 3.63) is 157 Å². The Hall–Kier alpha value is -5.51. The van der Waals surface area contributed by atoms with Crippen LogP contribution in [0.3, 0.4) is 0 Å². The number of rotatable bonds is 3. The summed E-state index contributed by atoms with van der Waals surface area (Å²) in [4.78, 5) is 5.08. The fourth-order valence-electron chi connectivity index (χ4n) is 6.92. The SMILES string of the molecule is C=C(/N=C1/C=CC=C/C1=C(/N)c1ccc2c3c(cccc13)-c1ccccc1-2)c1ccc2sc3ccc4ccccc4c3c2c1. The van der Waals surface area contributed by atoms with E-state index in [9.17, 15) is 0 Å². The molecule has 0 unspecified atom stereocenters. The third kappa shape index (κ3) is 3.63. The van der Waals surface area contributed by atoms with E-state index in [-0.39, 0.29) is 0 Å². The van der Waals surface area contributed by atoms with Gasteiger partial charge in [0.2, 0.25) is 0 Å². The molecule has 1 aromatic heterocycles. The maximum absolute atomic E-state index is 7.03. The summed E-state index contributed by atoms with van der Waals surface area (Å²) in [5.41, 5.74) is 17.3. The molecule has 206 valence electrons. The first-order valence-corrected chi connectivity index (χ1v) is 15.6. The number of nitrogens with zero attached hydrogens (tertiary/aromatic N) is 1. The lowest BCUT2D eigenvalue weighted by molar-refractivity contribution is 1.48. The number of aliphatic imine (C=N–C) groups is 1. The minimum Gasteiger partial charge on any atom is -0.398 e. The first-order chi connectivity index (χ1) is 21.7. The average Bonchev–Trinajstić information content (AvgIpc) is 3.61. The first kappa shape index (κ1) is 25.0. The van der Waals surface area contributed by atoms with Gasteiger partial charge in [-0.25, -0.2) is 4.99 Å². The number of hydrogen-bond donors (Lipinski definition) is 1. The van der Waals surface area contributed by atoms with Crippen molar-refractivity contribution in [2.75, 3.05) is 0 Å². The normalized spacial score (nSPS) is 15.6. The molecule has 0 saturated carbocycles. The molecule has 0 radical (unpaired) electrons. The zero-order valence-corrected chi connectivity index (χ0v) is 24.7. The molecule has 2 nitrogen and oxygen atoms in total. The van der Waals surface area contributed by atoms with E-state index in [1.54, 1.807) is 0 Å². The van der Waals surface area contributed by atoms with Crippen molar-refractivity contribution in [3.8, 4) is 22.3 Å². The average molecular weight is 579 g/mol. The zero-order valence-electron chi connectivity index (χ0n) is 23.8. The van der Waals surface area contributed by atoms with Gasteiger partial charge in [-0.15, -0.1) is 11.3 Å². The van der Waals surface area contributed by atoms with Crippen LogP contribution in [0.1, 0.15) is 11.1 Å². The minimum absolute atomic E-state index is 0.711. The van der Waals surface area contributed by atoms with Gasteiger partial charge in [0.1, 0.15) is 0 Å². The Labute approximate surface area is 259 Å². The van der Waals surface area contributed by atoms with E-state index < -0.39 is 0 Å². The Morgan fingerprint density at radius 1 is 0.614 bits per heavy atom. The molecule has 3 heteroatoms. The summed E-state index contributed by atoms with van der Waals surface area (Å²) in [6.45, 7) is 4.42. The van der Waals surface area contributed by atoms with Crippen molar-refractivity contribution < 1.29 is 0 Å². The van der Waals surface area contributed by atoms with E-state index in [0.29, 0.717) is 11.4 Å². The van der Waals surface area contributed by atoms with Gasteiger partial charge in [-0.05, 0) is 68.1 Å². The molecule has 6 aromatic carbocycles. The van der Waals surface area contributed by atoms with Crippen molar-refractivity contribution in [3.63, 3.8) is 0 Å². The van der Waals surface area contributed by atoms with Crippen molar-refractivity contribution in [1.29, 1.82) is 0 Å². The highest BCUT2D eigenvalue weighted by Gasteiger charge is 2.23. The molecule has 0 fully saturated rings. The monoisotopic (exact) mass is 578 g/mol. The molecule has 2 aliphatic carbocycles. The quantitative estimate of drug-likeness (QED) is 0.222. The number of nitrogens with two attached hydrogens (primary N) is 1. The van der Waals surface area contributed by atoms with E-state index in [2.05, 4.69) is 122 Å². The molecule has 1 heterocycles. The van der Waals surface area contributed by atoms with Gasteiger partial charge in [0, 0.05) is 42.6 Å². The Morgan fingerprint density at radius 3 is 2.23 bits per heavy atom. The van der Waals surface area contributed by atoms with Crippen LogP contribution in [-0.2, 0) is 0 Å². The fourth-order valence-corrected chi connectivity index (χ4v) is 8.03. The van der Waals surface area contributed by atoms with Crippen molar-refractivity contribution in [1.82, 2.24) is 0 Å². The van der Waals surface area contributed by atoms with E-state index in [0.717, 1.165) is 27.8 Å². The standard InChI is InChI=1S/C41H26N2S/c1-24(26-18-21-37-35(23-26)40-27-10-3-2-9-25(27)17-22-38(40)44-37)43-36-16-7-6-13-34(36)41(42)33-20-19-32-29-12-5-4-11-28(29)30-14-8-15-31(33)39(30)32/h2-23H,1,42H2/b41-34-,43-36-. The molecular weight excluding hydrogens is 553 g/mol. The number of fused-ring (bicyclic) bond motifs is 8. The van der Waals surface area contributed by atoms with Crippen LogP contribution in [0.25, 0.3) is 75.4 Å². The van der Waals surface area contributed by atoms with E-state index >= 15 is 0 Å². The van der Waals surface area contributed by atoms with Crippen LogP contribution in [0.15, 0.2) is 151 Å². The highest BCUT2D eigenvalue weighted by atomic mass is 32.1. The predicted octanol–water partition coefficient (Wildman–Crippen LogP) is 10.9. The van der Waals surface area contributed by atoms with Crippen LogP contribution >= 0.6 is 11.3 Å². The summed E-state index contributed by atoms with van der Waals surface area (Å²) < 4.78 is 2.56. The minimum atomic E-state index is 0.711. The van der Waals surface area contributed by atoms with Crippen molar-refractivity contribution >= 4 is 70.2 Å². The molecular formula is C41H26N2S. The zero-order chi connectivity index (χ0) is 29.4. The van der Waals surface area contributed by atoms with E-state index in [1.807, 2.05) is 29.6 Å². The first-order valence-electron chi connectivity index (χ1n) is 14.8. The summed E-state index contributed by atoms with van der Waals surface area (Å²) in [5, 5.41) is 7.48. The molecule has 7 aromatic rings. The topological polar surface area (TPSA) is 38.4 Å². The molecule has 2 N–H and O–H groups in total. The summed E-state index contributed by atoms with van der Waals surface area (Å²) in [6.07, 6.45) is 8.11. The van der Waals surface area contributed by atoms with Gasteiger partial charge in [-0.3, -0.25) is 0 Å². The highest BCUT2D eigenvalue weighted by molar-refractivity contribution is 7.26. The molecule has 2 aliphatic rings. The number of thiophene rings is 1. The van der Waals surface area contributed by atoms with Crippen molar-refractivity contribution in [2.24, 2.45) is 10.7 Å². The van der Waals surface area contributed by atoms with Crippen LogP contribution in [-0.4, -0.2) is 5.71 Å². The molecule has 0 spiro atoms. The molecule has 0 atom stereocenters. The van der Waals surface area contributed by atoms with Gasteiger partial charge in [-0.2, -0.15) is 0 Å². The van der Waals surface area contributed by atoms with Gasteiger partial charge in [0.15, 0.2) is 0 Å². The van der Waals surface area contributed by atoms with Gasteiger partial charge in [0.25, 0.3) is 0 Å². The second-order valence-electron chi connectivity index (χ2n) is 11.4. The van der Waals surface area contributed by atoms with E-state index in [4.69, 9.17) is 10.7 Å². The number of allylic oxidation sites excluding steroid dienone is 5. The maximum Gasteiger partial charge on any atom is 0.0730 e. The lowest BCUT2D eigenvalue weighted by Crippen LogP contribution is -2.10. The van der Waals surface area contributed by atoms with Gasteiger partial charge in [0.05, 0.1) is 11.4 Å². The van der Waals surface area contributed by atoms with Gasteiger partial charge < -0.3 is 5.73 Å². The van der Waals surface area contributed by atoms with Crippen LogP contribution in [0, 0.1) is 0 Å². The van der Waals surface area contributed by atoms with Gasteiger partial charge >= 0.3 is 0 Å². The third-order valence-corrected chi connectivity index (χ3v) is 10.1. The van der Waals surface area contributed by atoms with E-state index in [1.165, 1.54) is 58.6 Å².